The molecule has 7 nitrogen and oxygen atoms in total. The molecule has 11 heteroatoms. The maximum absolute atomic E-state index is 11.9. The van der Waals surface area contributed by atoms with Crippen LogP contribution in [0, 0.1) is 0 Å². The van der Waals surface area contributed by atoms with E-state index in [4.69, 9.17) is 17.5 Å². The van der Waals surface area contributed by atoms with Gasteiger partial charge in [0.05, 0.1) is 0 Å². The van der Waals surface area contributed by atoms with Crippen molar-refractivity contribution < 1.29 is 89.6 Å². The van der Waals surface area contributed by atoms with Gasteiger partial charge in [-0.15, -0.1) is 0 Å². The summed E-state index contributed by atoms with van der Waals surface area (Å²) in [4.78, 5) is 0.0894. The third-order valence-electron chi connectivity index (χ3n) is 5.02. The van der Waals surface area contributed by atoms with Crippen molar-refractivity contribution in [2.75, 3.05) is 0 Å². The smallest absolute Gasteiger partial charge is 0.759 e. The van der Waals surface area contributed by atoms with Gasteiger partial charge in [-0.1, -0.05) is 101 Å². The van der Waals surface area contributed by atoms with E-state index < -0.39 is 20.5 Å². The van der Waals surface area contributed by atoms with Crippen LogP contribution in [0.25, 0.3) is 10.8 Å². The Balaban J connectivity index is 0. The molecule has 2 aromatic rings. The number of benzene rings is 2. The first-order valence-corrected chi connectivity index (χ1v) is 13.5. The number of unbranched alkanes of at least 4 members (excludes halogenated alkanes) is 9. The quantitative estimate of drug-likeness (QED) is 0.169. The Labute approximate surface area is 243 Å². The third-order valence-corrected chi connectivity index (χ3v) is 6.02. The SMILES string of the molecule is CCCCCCCCCCCCc1ccc2ccccc2c1S(=O)(=O)O.O=S(=O)([O-])[O-].[Na+].[Na+]. The molecule has 0 radical (unpaired) electrons. The van der Waals surface area contributed by atoms with Crippen LogP contribution >= 0.6 is 0 Å². The van der Waals surface area contributed by atoms with Crippen molar-refractivity contribution in [1.82, 2.24) is 0 Å². The average Bonchev–Trinajstić information content (AvgIpc) is 2.67. The van der Waals surface area contributed by atoms with Crippen molar-refractivity contribution in [3.63, 3.8) is 0 Å². The molecular formula is C22H32Na2O7S2. The van der Waals surface area contributed by atoms with Gasteiger partial charge in [0.2, 0.25) is 0 Å². The topological polar surface area (TPSA) is 135 Å². The molecule has 0 fully saturated rings. The zero-order chi connectivity index (χ0) is 23.3. The predicted octanol–water partition coefficient (Wildman–Crippen LogP) is -0.780. The summed E-state index contributed by atoms with van der Waals surface area (Å²) in [5.41, 5.74) is 0.728. The van der Waals surface area contributed by atoms with Crippen molar-refractivity contribution in [3.8, 4) is 0 Å². The van der Waals surface area contributed by atoms with Crippen LogP contribution in [-0.4, -0.2) is 30.5 Å². The Morgan fingerprint density at radius 1 is 0.727 bits per heavy atom. The van der Waals surface area contributed by atoms with Crippen molar-refractivity contribution >= 4 is 31.3 Å². The first-order valence-electron chi connectivity index (χ1n) is 10.7. The molecule has 1 N–H and O–H groups in total. The van der Waals surface area contributed by atoms with E-state index in [1.165, 1.54) is 51.4 Å². The monoisotopic (exact) mass is 518 g/mol. The normalized spacial score (nSPS) is 11.2. The summed E-state index contributed by atoms with van der Waals surface area (Å²) in [6.45, 7) is 2.24. The molecule has 176 valence electrons. The van der Waals surface area contributed by atoms with Gasteiger partial charge in [0.25, 0.3) is 10.1 Å². The van der Waals surface area contributed by atoms with Gasteiger partial charge in [-0.3, -0.25) is 13.0 Å². The fourth-order valence-corrected chi connectivity index (χ4v) is 4.56. The van der Waals surface area contributed by atoms with Crippen molar-refractivity contribution in [2.45, 2.75) is 82.4 Å². The van der Waals surface area contributed by atoms with E-state index in [0.29, 0.717) is 11.8 Å². The van der Waals surface area contributed by atoms with Gasteiger partial charge < -0.3 is 9.11 Å². The molecule has 0 spiro atoms. The molecule has 0 heterocycles. The van der Waals surface area contributed by atoms with Crippen LogP contribution in [0.3, 0.4) is 0 Å². The first-order chi connectivity index (χ1) is 14.5. The second-order valence-electron chi connectivity index (χ2n) is 7.59. The largest absolute Gasteiger partial charge is 1.00 e. The Hall–Kier alpha value is 0.480. The molecule has 0 aliphatic rings. The summed E-state index contributed by atoms with van der Waals surface area (Å²) in [5, 5.41) is 1.45. The van der Waals surface area contributed by atoms with E-state index in [1.807, 2.05) is 24.3 Å². The molecule has 0 aliphatic carbocycles. The fourth-order valence-electron chi connectivity index (χ4n) is 3.59. The van der Waals surface area contributed by atoms with Crippen LogP contribution in [0.2, 0.25) is 0 Å². The first kappa shape index (κ1) is 35.6. The molecule has 0 unspecified atom stereocenters. The van der Waals surface area contributed by atoms with Gasteiger partial charge in [-0.25, -0.2) is 0 Å². The summed E-state index contributed by atoms with van der Waals surface area (Å²) >= 11 is 0. The van der Waals surface area contributed by atoms with Crippen molar-refractivity contribution in [2.24, 2.45) is 0 Å². The van der Waals surface area contributed by atoms with Gasteiger partial charge in [-0.2, -0.15) is 8.42 Å². The Morgan fingerprint density at radius 3 is 1.67 bits per heavy atom. The van der Waals surface area contributed by atoms with E-state index in [0.717, 1.165) is 23.8 Å². The molecule has 0 saturated heterocycles. The minimum atomic E-state index is -5.17. The molecule has 2 aromatic carbocycles. The molecular weight excluding hydrogens is 486 g/mol. The molecule has 2 rings (SSSR count). The maximum Gasteiger partial charge on any atom is 1.00 e. The zero-order valence-corrected chi connectivity index (χ0v) is 25.6. The Kier molecular flexibility index (Phi) is 20.2. The van der Waals surface area contributed by atoms with Gasteiger partial charge >= 0.3 is 59.1 Å². The van der Waals surface area contributed by atoms with Crippen LogP contribution < -0.4 is 59.1 Å². The summed E-state index contributed by atoms with van der Waals surface area (Å²) in [7, 11) is -9.39. The zero-order valence-electron chi connectivity index (χ0n) is 20.0. The number of fused-ring (bicyclic) bond motifs is 1. The number of aryl methyl sites for hydroxylation is 1. The summed E-state index contributed by atoms with van der Waals surface area (Å²) in [5.74, 6) is 0. The number of hydrogen-bond donors (Lipinski definition) is 1. The fraction of sp³-hybridized carbons (Fsp3) is 0.545. The molecule has 0 atom stereocenters. The maximum atomic E-state index is 11.9. The molecule has 0 aromatic heterocycles. The number of hydrogen-bond acceptors (Lipinski definition) is 6. The minimum absolute atomic E-state index is 0. The van der Waals surface area contributed by atoms with E-state index in [9.17, 15) is 13.0 Å². The second-order valence-corrected chi connectivity index (χ2v) is 9.77. The van der Waals surface area contributed by atoms with E-state index in [2.05, 4.69) is 6.92 Å². The predicted molar refractivity (Wildman–Crippen MR) is 120 cm³/mol. The molecule has 0 amide bonds. The van der Waals surface area contributed by atoms with Crippen LogP contribution in [0.5, 0.6) is 0 Å². The van der Waals surface area contributed by atoms with E-state index >= 15 is 0 Å². The Morgan fingerprint density at radius 2 is 1.18 bits per heavy atom. The number of rotatable bonds is 12. The molecule has 33 heavy (non-hydrogen) atoms. The summed E-state index contributed by atoms with van der Waals surface area (Å²) in [6, 6.07) is 11.1. The summed E-state index contributed by atoms with van der Waals surface area (Å²) < 4.78 is 67.6. The molecule has 0 bridgehead atoms. The average molecular weight is 519 g/mol. The van der Waals surface area contributed by atoms with Crippen LogP contribution in [-0.2, 0) is 26.9 Å². The van der Waals surface area contributed by atoms with E-state index in [-0.39, 0.29) is 64.0 Å². The third kappa shape index (κ3) is 16.7. The van der Waals surface area contributed by atoms with Crippen LogP contribution in [0.1, 0.15) is 76.7 Å². The van der Waals surface area contributed by atoms with Gasteiger partial charge in [0.15, 0.2) is 0 Å². The summed E-state index contributed by atoms with van der Waals surface area (Å²) in [6.07, 6.45) is 13.2. The Bertz CT molecular complexity index is 1000. The van der Waals surface area contributed by atoms with E-state index in [1.54, 1.807) is 12.1 Å². The van der Waals surface area contributed by atoms with Crippen LogP contribution in [0.4, 0.5) is 0 Å². The van der Waals surface area contributed by atoms with Gasteiger partial charge in [0.1, 0.15) is 4.90 Å². The minimum Gasteiger partial charge on any atom is -0.759 e. The van der Waals surface area contributed by atoms with Crippen molar-refractivity contribution in [3.05, 3.63) is 42.0 Å². The van der Waals surface area contributed by atoms with Crippen LogP contribution in [0.15, 0.2) is 41.3 Å². The van der Waals surface area contributed by atoms with Gasteiger partial charge in [0, 0.05) is 15.8 Å². The molecule has 0 saturated carbocycles. The molecule has 0 aliphatic heterocycles. The standard InChI is InChI=1S/C22H32O3S.2Na.H2O4S/c1-2-3-4-5-6-7-8-9-10-11-15-20-18-17-19-14-12-13-16-21(19)22(20)26(23,24)25;;;1-5(2,3)4/h12-14,16-18H,2-11,15H2,1H3,(H,23,24,25);;;(H2,1,2,3,4)/q;2*+1;/p-2. The second kappa shape index (κ2) is 18.7. The van der Waals surface area contributed by atoms with Gasteiger partial charge in [-0.05, 0) is 23.8 Å². The van der Waals surface area contributed by atoms with Crippen molar-refractivity contribution in [1.29, 1.82) is 0 Å².